The number of hydrogen-bond donors (Lipinski definition) is 1. The fourth-order valence-corrected chi connectivity index (χ4v) is 2.66. The average molecular weight is 411 g/mol. The smallest absolute Gasteiger partial charge is 0.251 e. The zero-order chi connectivity index (χ0) is 16.1. The molecule has 5 heteroatoms. The SMILES string of the molecule is COc1ccc([C@@H](C)NC(=O)c2cccc(I)c2)cc1OC. The van der Waals surface area contributed by atoms with Gasteiger partial charge in [-0.25, -0.2) is 0 Å². The topological polar surface area (TPSA) is 47.6 Å². The van der Waals surface area contributed by atoms with Crippen molar-refractivity contribution in [1.29, 1.82) is 0 Å². The molecule has 1 atom stereocenters. The third kappa shape index (κ3) is 3.91. The highest BCUT2D eigenvalue weighted by Gasteiger charge is 2.14. The molecule has 2 aromatic rings. The van der Waals surface area contributed by atoms with E-state index in [1.807, 2.05) is 43.3 Å². The first-order chi connectivity index (χ1) is 10.5. The molecule has 116 valence electrons. The zero-order valence-electron chi connectivity index (χ0n) is 12.7. The summed E-state index contributed by atoms with van der Waals surface area (Å²) in [6.07, 6.45) is 0. The molecule has 0 saturated carbocycles. The molecule has 0 aliphatic carbocycles. The number of hydrogen-bond acceptors (Lipinski definition) is 3. The molecule has 0 fully saturated rings. The van der Waals surface area contributed by atoms with Crippen LogP contribution in [0.25, 0.3) is 0 Å². The van der Waals surface area contributed by atoms with E-state index in [2.05, 4.69) is 27.9 Å². The molecule has 0 saturated heterocycles. The zero-order valence-corrected chi connectivity index (χ0v) is 14.9. The lowest BCUT2D eigenvalue weighted by Crippen LogP contribution is -2.26. The van der Waals surface area contributed by atoms with E-state index in [9.17, 15) is 4.79 Å². The van der Waals surface area contributed by atoms with Crippen molar-refractivity contribution < 1.29 is 14.3 Å². The first kappa shape index (κ1) is 16.6. The molecule has 0 heterocycles. The number of methoxy groups -OCH3 is 2. The van der Waals surface area contributed by atoms with Gasteiger partial charge in [0.1, 0.15) is 0 Å². The lowest BCUT2D eigenvalue weighted by Gasteiger charge is -2.16. The molecule has 1 N–H and O–H groups in total. The Kier molecular flexibility index (Phi) is 5.65. The molecule has 0 radical (unpaired) electrons. The van der Waals surface area contributed by atoms with Crippen molar-refractivity contribution in [3.63, 3.8) is 0 Å². The van der Waals surface area contributed by atoms with Crippen molar-refractivity contribution in [1.82, 2.24) is 5.32 Å². The maximum atomic E-state index is 12.3. The quantitative estimate of drug-likeness (QED) is 0.762. The van der Waals surface area contributed by atoms with E-state index in [0.29, 0.717) is 17.1 Å². The first-order valence-corrected chi connectivity index (χ1v) is 7.91. The van der Waals surface area contributed by atoms with Gasteiger partial charge in [0.05, 0.1) is 20.3 Å². The molecule has 0 aliphatic rings. The summed E-state index contributed by atoms with van der Waals surface area (Å²) >= 11 is 2.19. The predicted octanol–water partition coefficient (Wildman–Crippen LogP) is 3.80. The highest BCUT2D eigenvalue weighted by Crippen LogP contribution is 2.29. The van der Waals surface area contributed by atoms with Crippen molar-refractivity contribution in [2.24, 2.45) is 0 Å². The van der Waals surface area contributed by atoms with Gasteiger partial charge >= 0.3 is 0 Å². The maximum Gasteiger partial charge on any atom is 0.251 e. The van der Waals surface area contributed by atoms with Gasteiger partial charge in [-0.05, 0) is 65.4 Å². The van der Waals surface area contributed by atoms with Gasteiger partial charge < -0.3 is 14.8 Å². The third-order valence-electron chi connectivity index (χ3n) is 3.34. The van der Waals surface area contributed by atoms with Crippen LogP contribution in [0.4, 0.5) is 0 Å². The Bertz CT molecular complexity index is 673. The highest BCUT2D eigenvalue weighted by molar-refractivity contribution is 14.1. The summed E-state index contributed by atoms with van der Waals surface area (Å²) in [5.74, 6) is 1.22. The van der Waals surface area contributed by atoms with E-state index in [1.54, 1.807) is 20.3 Å². The number of amides is 1. The number of carbonyl (C=O) groups is 1. The van der Waals surface area contributed by atoms with Crippen molar-refractivity contribution in [3.05, 3.63) is 57.2 Å². The monoisotopic (exact) mass is 411 g/mol. The van der Waals surface area contributed by atoms with E-state index in [4.69, 9.17) is 9.47 Å². The fraction of sp³-hybridized carbons (Fsp3) is 0.235. The minimum atomic E-state index is -0.134. The van der Waals surface area contributed by atoms with E-state index in [0.717, 1.165) is 9.13 Å². The van der Waals surface area contributed by atoms with Crippen LogP contribution in [0, 0.1) is 3.57 Å². The Morgan fingerprint density at radius 2 is 1.82 bits per heavy atom. The summed E-state index contributed by atoms with van der Waals surface area (Å²) in [7, 11) is 3.19. The lowest BCUT2D eigenvalue weighted by molar-refractivity contribution is 0.0939. The minimum Gasteiger partial charge on any atom is -0.493 e. The maximum absolute atomic E-state index is 12.3. The number of nitrogens with one attached hydrogen (secondary N) is 1. The first-order valence-electron chi connectivity index (χ1n) is 6.83. The molecule has 0 aliphatic heterocycles. The third-order valence-corrected chi connectivity index (χ3v) is 4.01. The summed E-state index contributed by atoms with van der Waals surface area (Å²) in [5, 5.41) is 2.99. The van der Waals surface area contributed by atoms with Crippen LogP contribution < -0.4 is 14.8 Å². The molecular formula is C17H18INO3. The van der Waals surface area contributed by atoms with Gasteiger partial charge in [-0.15, -0.1) is 0 Å². The van der Waals surface area contributed by atoms with Crippen LogP contribution in [0.3, 0.4) is 0 Å². The molecule has 0 spiro atoms. The summed E-state index contributed by atoms with van der Waals surface area (Å²) in [4.78, 5) is 12.3. The van der Waals surface area contributed by atoms with Gasteiger partial charge in [0.15, 0.2) is 11.5 Å². The van der Waals surface area contributed by atoms with Gasteiger partial charge in [0.2, 0.25) is 0 Å². The lowest BCUT2D eigenvalue weighted by atomic mass is 10.1. The molecule has 0 unspecified atom stereocenters. The molecule has 1 amide bonds. The van der Waals surface area contributed by atoms with Gasteiger partial charge in [-0.2, -0.15) is 0 Å². The van der Waals surface area contributed by atoms with Crippen molar-refractivity contribution in [2.45, 2.75) is 13.0 Å². The molecule has 0 aromatic heterocycles. The molecule has 4 nitrogen and oxygen atoms in total. The van der Waals surface area contributed by atoms with Gasteiger partial charge in [-0.1, -0.05) is 12.1 Å². The second-order valence-corrected chi connectivity index (χ2v) is 6.07. The Morgan fingerprint density at radius 3 is 2.45 bits per heavy atom. The molecular weight excluding hydrogens is 393 g/mol. The molecule has 2 rings (SSSR count). The van der Waals surface area contributed by atoms with E-state index in [-0.39, 0.29) is 11.9 Å². The second-order valence-electron chi connectivity index (χ2n) is 4.82. The minimum absolute atomic E-state index is 0.0965. The van der Waals surface area contributed by atoms with Gasteiger partial charge in [0.25, 0.3) is 5.91 Å². The van der Waals surface area contributed by atoms with Crippen LogP contribution in [0.1, 0.15) is 28.9 Å². The number of ether oxygens (including phenoxy) is 2. The summed E-state index contributed by atoms with van der Waals surface area (Å²) in [5.41, 5.74) is 1.61. The van der Waals surface area contributed by atoms with Crippen LogP contribution in [0.15, 0.2) is 42.5 Å². The Labute approximate surface area is 144 Å². The molecule has 22 heavy (non-hydrogen) atoms. The van der Waals surface area contributed by atoms with E-state index >= 15 is 0 Å². The average Bonchev–Trinajstić information content (AvgIpc) is 2.54. The second kappa shape index (κ2) is 7.49. The van der Waals surface area contributed by atoms with Crippen LogP contribution in [0.5, 0.6) is 11.5 Å². The number of benzene rings is 2. The van der Waals surface area contributed by atoms with Crippen molar-refractivity contribution >= 4 is 28.5 Å². The highest BCUT2D eigenvalue weighted by atomic mass is 127. The van der Waals surface area contributed by atoms with Crippen LogP contribution >= 0.6 is 22.6 Å². The van der Waals surface area contributed by atoms with E-state index < -0.39 is 0 Å². The molecule has 0 bridgehead atoms. The fourth-order valence-electron chi connectivity index (χ4n) is 2.12. The number of carbonyl (C=O) groups excluding carboxylic acids is 1. The summed E-state index contributed by atoms with van der Waals surface area (Å²) in [6.45, 7) is 1.94. The van der Waals surface area contributed by atoms with Crippen molar-refractivity contribution in [3.8, 4) is 11.5 Å². The van der Waals surface area contributed by atoms with Crippen LogP contribution in [-0.2, 0) is 0 Å². The Balaban J connectivity index is 2.15. The number of rotatable bonds is 5. The van der Waals surface area contributed by atoms with Crippen molar-refractivity contribution in [2.75, 3.05) is 14.2 Å². The Hall–Kier alpha value is -1.76. The standard InChI is InChI=1S/C17H18INO3/c1-11(12-7-8-15(21-2)16(10-12)22-3)19-17(20)13-5-4-6-14(18)9-13/h4-11H,1-3H3,(H,19,20)/t11-/m1/s1. The van der Waals surface area contributed by atoms with Crippen LogP contribution in [0.2, 0.25) is 0 Å². The summed E-state index contributed by atoms with van der Waals surface area (Å²) < 4.78 is 11.5. The van der Waals surface area contributed by atoms with Crippen LogP contribution in [-0.4, -0.2) is 20.1 Å². The summed E-state index contributed by atoms with van der Waals surface area (Å²) in [6, 6.07) is 13.0. The van der Waals surface area contributed by atoms with Gasteiger partial charge in [0, 0.05) is 9.13 Å². The predicted molar refractivity (Wildman–Crippen MR) is 94.6 cm³/mol. The largest absolute Gasteiger partial charge is 0.493 e. The number of halogens is 1. The van der Waals surface area contributed by atoms with E-state index in [1.165, 1.54) is 0 Å². The van der Waals surface area contributed by atoms with Gasteiger partial charge in [-0.3, -0.25) is 4.79 Å². The molecule has 2 aromatic carbocycles. The normalized spacial score (nSPS) is 11.6. The Morgan fingerprint density at radius 1 is 1.09 bits per heavy atom.